The van der Waals surface area contributed by atoms with E-state index in [1.165, 1.54) is 0 Å². The molecule has 0 spiro atoms. The van der Waals surface area contributed by atoms with E-state index >= 15 is 0 Å². The fourth-order valence-electron chi connectivity index (χ4n) is 1.80. The summed E-state index contributed by atoms with van der Waals surface area (Å²) in [5.74, 6) is 0.332. The third-order valence-corrected chi connectivity index (χ3v) is 4.53. The first-order chi connectivity index (χ1) is 7.82. The standard InChI is InChI=1S/C12H25NO3S/c1-4-6-17(15,16)7-5-12(14)11(9-13)8-10(2)3/h10-11H,4-9,13H2,1-3H3. The smallest absolute Gasteiger partial charge is 0.150 e. The molecule has 0 bridgehead atoms. The molecule has 17 heavy (non-hydrogen) atoms. The first-order valence-electron chi connectivity index (χ1n) is 6.25. The third kappa shape index (κ3) is 7.49. The van der Waals surface area contributed by atoms with Gasteiger partial charge in [0.25, 0.3) is 0 Å². The first-order valence-corrected chi connectivity index (χ1v) is 8.07. The summed E-state index contributed by atoms with van der Waals surface area (Å²) < 4.78 is 23.0. The van der Waals surface area contributed by atoms with Gasteiger partial charge in [-0.3, -0.25) is 4.79 Å². The zero-order valence-corrected chi connectivity index (χ0v) is 11.9. The highest BCUT2D eigenvalue weighted by Crippen LogP contribution is 2.13. The van der Waals surface area contributed by atoms with E-state index in [-0.39, 0.29) is 29.6 Å². The van der Waals surface area contributed by atoms with E-state index in [4.69, 9.17) is 5.73 Å². The van der Waals surface area contributed by atoms with Gasteiger partial charge in [0.1, 0.15) is 5.78 Å². The van der Waals surface area contributed by atoms with Gasteiger partial charge in [0.2, 0.25) is 0 Å². The normalized spacial score (nSPS) is 13.9. The van der Waals surface area contributed by atoms with E-state index in [9.17, 15) is 13.2 Å². The lowest BCUT2D eigenvalue weighted by atomic mass is 9.92. The minimum atomic E-state index is -3.06. The molecule has 0 saturated carbocycles. The Labute approximate surface area is 105 Å². The van der Waals surface area contributed by atoms with Crippen LogP contribution in [0.3, 0.4) is 0 Å². The van der Waals surface area contributed by atoms with Gasteiger partial charge in [-0.25, -0.2) is 8.42 Å². The lowest BCUT2D eigenvalue weighted by molar-refractivity contribution is -0.122. The van der Waals surface area contributed by atoms with E-state index < -0.39 is 9.84 Å². The summed E-state index contributed by atoms with van der Waals surface area (Å²) >= 11 is 0. The number of carbonyl (C=O) groups is 1. The van der Waals surface area contributed by atoms with Gasteiger partial charge >= 0.3 is 0 Å². The molecule has 2 N–H and O–H groups in total. The molecule has 0 aliphatic carbocycles. The Balaban J connectivity index is 4.24. The van der Waals surface area contributed by atoms with Crippen molar-refractivity contribution in [2.45, 2.75) is 40.0 Å². The Morgan fingerprint density at radius 3 is 2.24 bits per heavy atom. The minimum Gasteiger partial charge on any atom is -0.330 e. The molecule has 0 heterocycles. The van der Waals surface area contributed by atoms with Gasteiger partial charge in [-0.2, -0.15) is 0 Å². The fourth-order valence-corrected chi connectivity index (χ4v) is 3.14. The molecule has 0 rings (SSSR count). The number of hydrogen-bond donors (Lipinski definition) is 1. The van der Waals surface area contributed by atoms with Crippen molar-refractivity contribution in [3.05, 3.63) is 0 Å². The number of hydrogen-bond acceptors (Lipinski definition) is 4. The number of sulfone groups is 1. The Morgan fingerprint density at radius 1 is 1.24 bits per heavy atom. The summed E-state index contributed by atoms with van der Waals surface area (Å²) in [6, 6.07) is 0. The summed E-state index contributed by atoms with van der Waals surface area (Å²) in [6.07, 6.45) is 1.45. The summed E-state index contributed by atoms with van der Waals surface area (Å²) in [6.45, 7) is 6.19. The number of Topliss-reactive ketones (excluding diaryl/α,β-unsaturated/α-hetero) is 1. The maximum absolute atomic E-state index is 11.8. The van der Waals surface area contributed by atoms with Crippen molar-refractivity contribution in [3.63, 3.8) is 0 Å². The van der Waals surface area contributed by atoms with Crippen LogP contribution in [0.15, 0.2) is 0 Å². The molecule has 5 heteroatoms. The van der Waals surface area contributed by atoms with Crippen LogP contribution in [0.2, 0.25) is 0 Å². The summed E-state index contributed by atoms with van der Waals surface area (Å²) in [7, 11) is -3.06. The molecule has 0 saturated heterocycles. The second kappa shape index (κ2) is 7.82. The summed E-state index contributed by atoms with van der Waals surface area (Å²) in [5.41, 5.74) is 5.55. The number of nitrogens with two attached hydrogens (primary N) is 1. The second-order valence-corrected chi connectivity index (χ2v) is 7.23. The van der Waals surface area contributed by atoms with Crippen molar-refractivity contribution in [2.24, 2.45) is 17.6 Å². The highest BCUT2D eigenvalue weighted by atomic mass is 32.2. The van der Waals surface area contributed by atoms with Crippen LogP contribution < -0.4 is 5.73 Å². The predicted molar refractivity (Wildman–Crippen MR) is 70.6 cm³/mol. The Hall–Kier alpha value is -0.420. The lowest BCUT2D eigenvalue weighted by Gasteiger charge is -2.15. The van der Waals surface area contributed by atoms with Gasteiger partial charge in [0.15, 0.2) is 9.84 Å². The van der Waals surface area contributed by atoms with Crippen molar-refractivity contribution in [2.75, 3.05) is 18.1 Å². The summed E-state index contributed by atoms with van der Waals surface area (Å²) in [5, 5.41) is 0. The van der Waals surface area contributed by atoms with Crippen LogP contribution >= 0.6 is 0 Å². The Morgan fingerprint density at radius 2 is 1.82 bits per heavy atom. The zero-order valence-electron chi connectivity index (χ0n) is 11.1. The molecule has 0 aromatic carbocycles. The van der Waals surface area contributed by atoms with Crippen LogP contribution in [0.25, 0.3) is 0 Å². The quantitative estimate of drug-likeness (QED) is 0.682. The maximum Gasteiger partial charge on any atom is 0.150 e. The third-order valence-electron chi connectivity index (χ3n) is 2.67. The van der Waals surface area contributed by atoms with Crippen molar-refractivity contribution in [3.8, 4) is 0 Å². The highest BCUT2D eigenvalue weighted by molar-refractivity contribution is 7.91. The van der Waals surface area contributed by atoms with Gasteiger partial charge in [0.05, 0.1) is 5.75 Å². The Bertz CT molecular complexity index is 323. The predicted octanol–water partition coefficient (Wildman–Crippen LogP) is 1.39. The van der Waals surface area contributed by atoms with E-state index in [1.807, 2.05) is 20.8 Å². The number of ketones is 1. The number of rotatable bonds is 9. The molecule has 102 valence electrons. The van der Waals surface area contributed by atoms with E-state index in [0.717, 1.165) is 6.42 Å². The van der Waals surface area contributed by atoms with Gasteiger partial charge in [0, 0.05) is 24.6 Å². The monoisotopic (exact) mass is 263 g/mol. The average molecular weight is 263 g/mol. The number of carbonyl (C=O) groups excluding carboxylic acids is 1. The van der Waals surface area contributed by atoms with Gasteiger partial charge in [-0.05, 0) is 18.8 Å². The van der Waals surface area contributed by atoms with E-state index in [2.05, 4.69) is 0 Å². The van der Waals surface area contributed by atoms with Gasteiger partial charge < -0.3 is 5.73 Å². The molecule has 1 atom stereocenters. The molecule has 0 aliphatic rings. The fraction of sp³-hybridized carbons (Fsp3) is 0.917. The van der Waals surface area contributed by atoms with Crippen LogP contribution in [0, 0.1) is 11.8 Å². The van der Waals surface area contributed by atoms with Crippen molar-refractivity contribution >= 4 is 15.6 Å². The molecule has 4 nitrogen and oxygen atoms in total. The van der Waals surface area contributed by atoms with Crippen LogP contribution in [0.5, 0.6) is 0 Å². The highest BCUT2D eigenvalue weighted by Gasteiger charge is 2.20. The van der Waals surface area contributed by atoms with Gasteiger partial charge in [-0.1, -0.05) is 20.8 Å². The largest absolute Gasteiger partial charge is 0.330 e. The summed E-state index contributed by atoms with van der Waals surface area (Å²) in [4.78, 5) is 11.8. The molecule has 0 aromatic rings. The van der Waals surface area contributed by atoms with E-state index in [0.29, 0.717) is 18.9 Å². The molecule has 0 aliphatic heterocycles. The Kier molecular flexibility index (Phi) is 7.63. The lowest BCUT2D eigenvalue weighted by Crippen LogP contribution is -2.27. The van der Waals surface area contributed by atoms with Crippen LogP contribution in [-0.2, 0) is 14.6 Å². The van der Waals surface area contributed by atoms with Crippen molar-refractivity contribution in [1.82, 2.24) is 0 Å². The topological polar surface area (TPSA) is 77.2 Å². The zero-order chi connectivity index (χ0) is 13.5. The molecule has 0 fully saturated rings. The second-order valence-electron chi connectivity index (χ2n) is 4.93. The molecule has 0 aromatic heterocycles. The molecular formula is C12H25NO3S. The van der Waals surface area contributed by atoms with Crippen LogP contribution in [0.1, 0.15) is 40.0 Å². The van der Waals surface area contributed by atoms with Crippen molar-refractivity contribution < 1.29 is 13.2 Å². The molecule has 0 radical (unpaired) electrons. The molecular weight excluding hydrogens is 238 g/mol. The van der Waals surface area contributed by atoms with Crippen LogP contribution in [0.4, 0.5) is 0 Å². The van der Waals surface area contributed by atoms with Gasteiger partial charge in [-0.15, -0.1) is 0 Å². The van der Waals surface area contributed by atoms with Crippen molar-refractivity contribution in [1.29, 1.82) is 0 Å². The minimum absolute atomic E-state index is 0.0131. The molecule has 0 amide bonds. The maximum atomic E-state index is 11.8. The van der Waals surface area contributed by atoms with E-state index in [1.54, 1.807) is 0 Å². The average Bonchev–Trinajstić information content (AvgIpc) is 2.22. The molecule has 1 unspecified atom stereocenters. The van der Waals surface area contributed by atoms with Crippen LogP contribution in [-0.4, -0.2) is 32.3 Å². The first kappa shape index (κ1) is 16.6. The SMILES string of the molecule is CCCS(=O)(=O)CCC(=O)C(CN)CC(C)C.